The molecule has 3 rings (SSSR count). The second-order valence-electron chi connectivity index (χ2n) is 5.97. The topological polar surface area (TPSA) is 73.6 Å². The number of rotatable bonds is 4. The molecule has 1 heterocycles. The summed E-state index contributed by atoms with van der Waals surface area (Å²) >= 11 is 0. The van der Waals surface area contributed by atoms with E-state index < -0.39 is 5.41 Å². The predicted molar refractivity (Wildman–Crippen MR) is 94.2 cm³/mol. The Morgan fingerprint density at radius 2 is 1.88 bits per heavy atom. The molecule has 0 aromatic heterocycles. The molecule has 2 aromatic carbocycles. The van der Waals surface area contributed by atoms with Crippen LogP contribution in [0.4, 0.5) is 11.4 Å². The van der Waals surface area contributed by atoms with E-state index in [1.54, 1.807) is 25.3 Å². The Kier molecular flexibility index (Phi) is 4.71. The summed E-state index contributed by atoms with van der Waals surface area (Å²) in [6.07, 6.45) is 1.32. The number of hydrogen-bond acceptors (Lipinski definition) is 4. The van der Waals surface area contributed by atoms with Gasteiger partial charge in [-0.2, -0.15) is 0 Å². The van der Waals surface area contributed by atoms with Crippen LogP contribution < -0.4 is 15.8 Å². The Labute approximate surface area is 141 Å². The van der Waals surface area contributed by atoms with Gasteiger partial charge in [0.25, 0.3) is 0 Å². The van der Waals surface area contributed by atoms with Crippen molar-refractivity contribution in [1.29, 1.82) is 0 Å². The molecule has 5 heteroatoms. The van der Waals surface area contributed by atoms with Gasteiger partial charge in [0.05, 0.1) is 18.2 Å². The lowest BCUT2D eigenvalue weighted by Crippen LogP contribution is -2.44. The van der Waals surface area contributed by atoms with Crippen LogP contribution in [-0.2, 0) is 14.9 Å². The summed E-state index contributed by atoms with van der Waals surface area (Å²) in [5.41, 5.74) is 7.54. The quantitative estimate of drug-likeness (QED) is 0.847. The highest BCUT2D eigenvalue weighted by molar-refractivity contribution is 5.99. The van der Waals surface area contributed by atoms with Gasteiger partial charge in [-0.05, 0) is 36.6 Å². The fraction of sp³-hybridized carbons (Fsp3) is 0.316. The van der Waals surface area contributed by atoms with Crippen molar-refractivity contribution in [2.75, 3.05) is 31.4 Å². The summed E-state index contributed by atoms with van der Waals surface area (Å²) < 4.78 is 10.6. The van der Waals surface area contributed by atoms with Gasteiger partial charge in [0.15, 0.2) is 0 Å². The summed E-state index contributed by atoms with van der Waals surface area (Å²) in [6, 6.07) is 15.2. The van der Waals surface area contributed by atoms with Crippen molar-refractivity contribution < 1.29 is 14.3 Å². The van der Waals surface area contributed by atoms with E-state index in [-0.39, 0.29) is 5.91 Å². The summed E-state index contributed by atoms with van der Waals surface area (Å²) in [6.45, 7) is 1.15. The van der Waals surface area contributed by atoms with Crippen LogP contribution in [0.15, 0.2) is 48.5 Å². The first-order chi connectivity index (χ1) is 11.7. The lowest BCUT2D eigenvalue weighted by molar-refractivity contribution is -0.125. The number of nitrogens with one attached hydrogen (secondary N) is 1. The normalized spacial score (nSPS) is 16.4. The van der Waals surface area contributed by atoms with Crippen LogP contribution in [0, 0.1) is 0 Å². The Bertz CT molecular complexity index is 710. The largest absolute Gasteiger partial charge is 0.495 e. The molecular weight excluding hydrogens is 304 g/mol. The van der Waals surface area contributed by atoms with Crippen molar-refractivity contribution in [2.24, 2.45) is 0 Å². The van der Waals surface area contributed by atoms with Crippen LogP contribution >= 0.6 is 0 Å². The van der Waals surface area contributed by atoms with E-state index in [0.29, 0.717) is 43.2 Å². The summed E-state index contributed by atoms with van der Waals surface area (Å²) in [5, 5.41) is 3.01. The zero-order chi connectivity index (χ0) is 17.0. The second-order valence-corrected chi connectivity index (χ2v) is 5.97. The van der Waals surface area contributed by atoms with Gasteiger partial charge < -0.3 is 20.5 Å². The van der Waals surface area contributed by atoms with Gasteiger partial charge >= 0.3 is 0 Å². The first-order valence-electron chi connectivity index (χ1n) is 8.04. The van der Waals surface area contributed by atoms with E-state index >= 15 is 0 Å². The van der Waals surface area contributed by atoms with Crippen LogP contribution in [0.25, 0.3) is 0 Å². The highest BCUT2D eigenvalue weighted by Gasteiger charge is 2.41. The Morgan fingerprint density at radius 1 is 1.17 bits per heavy atom. The molecule has 1 amide bonds. The fourth-order valence-electron chi connectivity index (χ4n) is 3.19. The molecule has 0 radical (unpaired) electrons. The van der Waals surface area contributed by atoms with Crippen molar-refractivity contribution in [2.45, 2.75) is 18.3 Å². The summed E-state index contributed by atoms with van der Waals surface area (Å²) in [7, 11) is 1.57. The van der Waals surface area contributed by atoms with Gasteiger partial charge in [-0.1, -0.05) is 30.3 Å². The third-order valence-electron chi connectivity index (χ3n) is 4.59. The predicted octanol–water partition coefficient (Wildman–Crippen LogP) is 2.96. The molecule has 1 saturated heterocycles. The second kappa shape index (κ2) is 6.93. The summed E-state index contributed by atoms with van der Waals surface area (Å²) in [4.78, 5) is 13.1. The van der Waals surface area contributed by atoms with E-state index in [1.807, 2.05) is 30.3 Å². The van der Waals surface area contributed by atoms with Crippen molar-refractivity contribution in [3.63, 3.8) is 0 Å². The van der Waals surface area contributed by atoms with Crippen LogP contribution in [0.5, 0.6) is 5.75 Å². The Balaban J connectivity index is 1.88. The molecule has 0 saturated carbocycles. The van der Waals surface area contributed by atoms with E-state index in [4.69, 9.17) is 15.2 Å². The number of nitrogen functional groups attached to an aromatic ring is 1. The lowest BCUT2D eigenvalue weighted by Gasteiger charge is -2.36. The maximum absolute atomic E-state index is 13.1. The summed E-state index contributed by atoms with van der Waals surface area (Å²) in [5.74, 6) is 0.568. The molecule has 126 valence electrons. The average Bonchev–Trinajstić information content (AvgIpc) is 2.63. The smallest absolute Gasteiger partial charge is 0.235 e. The number of benzene rings is 2. The Hall–Kier alpha value is -2.53. The van der Waals surface area contributed by atoms with Gasteiger partial charge in [-0.3, -0.25) is 4.79 Å². The van der Waals surface area contributed by atoms with Crippen molar-refractivity contribution in [3.05, 3.63) is 54.1 Å². The SMILES string of the molecule is COc1ccc(NC(=O)C2(c3ccccc3)CCOCC2)cc1N. The van der Waals surface area contributed by atoms with Gasteiger partial charge in [-0.15, -0.1) is 0 Å². The number of carbonyl (C=O) groups excluding carboxylic acids is 1. The minimum atomic E-state index is -0.575. The molecule has 3 N–H and O–H groups in total. The van der Waals surface area contributed by atoms with Crippen molar-refractivity contribution in [3.8, 4) is 5.75 Å². The van der Waals surface area contributed by atoms with Crippen molar-refractivity contribution in [1.82, 2.24) is 0 Å². The molecule has 2 aromatic rings. The number of ether oxygens (including phenoxy) is 2. The van der Waals surface area contributed by atoms with E-state index in [0.717, 1.165) is 5.56 Å². The first-order valence-corrected chi connectivity index (χ1v) is 8.04. The molecule has 0 unspecified atom stereocenters. The third kappa shape index (κ3) is 3.08. The number of amides is 1. The fourth-order valence-corrected chi connectivity index (χ4v) is 3.19. The molecule has 0 spiro atoms. The van der Waals surface area contributed by atoms with Crippen LogP contribution in [0.1, 0.15) is 18.4 Å². The molecule has 24 heavy (non-hydrogen) atoms. The van der Waals surface area contributed by atoms with Crippen molar-refractivity contribution >= 4 is 17.3 Å². The standard InChI is InChI=1S/C19H22N2O3/c1-23-17-8-7-15(13-16(17)20)21-18(22)19(9-11-24-12-10-19)14-5-3-2-4-6-14/h2-8,13H,9-12,20H2,1H3,(H,21,22). The number of nitrogens with two attached hydrogens (primary N) is 1. The maximum Gasteiger partial charge on any atom is 0.235 e. The number of anilines is 2. The third-order valence-corrected chi connectivity index (χ3v) is 4.59. The first kappa shape index (κ1) is 16.3. The zero-order valence-corrected chi connectivity index (χ0v) is 13.7. The molecule has 1 fully saturated rings. The lowest BCUT2D eigenvalue weighted by atomic mass is 9.73. The highest BCUT2D eigenvalue weighted by Crippen LogP contribution is 2.36. The van der Waals surface area contributed by atoms with Gasteiger partial charge in [-0.25, -0.2) is 0 Å². The molecular formula is C19H22N2O3. The molecule has 0 bridgehead atoms. The number of hydrogen-bond donors (Lipinski definition) is 2. The minimum Gasteiger partial charge on any atom is -0.495 e. The number of methoxy groups -OCH3 is 1. The van der Waals surface area contributed by atoms with Crippen LogP contribution in [0.2, 0.25) is 0 Å². The highest BCUT2D eigenvalue weighted by atomic mass is 16.5. The Morgan fingerprint density at radius 3 is 2.50 bits per heavy atom. The van der Waals surface area contributed by atoms with E-state index in [1.165, 1.54) is 0 Å². The zero-order valence-electron chi connectivity index (χ0n) is 13.7. The molecule has 0 aliphatic carbocycles. The monoisotopic (exact) mass is 326 g/mol. The number of carbonyl (C=O) groups is 1. The van der Waals surface area contributed by atoms with Gasteiger partial charge in [0, 0.05) is 18.9 Å². The average molecular weight is 326 g/mol. The van der Waals surface area contributed by atoms with E-state index in [2.05, 4.69) is 5.32 Å². The van der Waals surface area contributed by atoms with Crippen LogP contribution in [0.3, 0.4) is 0 Å². The molecule has 0 atom stereocenters. The van der Waals surface area contributed by atoms with Gasteiger partial charge in [0.2, 0.25) is 5.91 Å². The molecule has 1 aliphatic heterocycles. The molecule has 5 nitrogen and oxygen atoms in total. The van der Waals surface area contributed by atoms with Crippen LogP contribution in [-0.4, -0.2) is 26.2 Å². The maximum atomic E-state index is 13.1. The van der Waals surface area contributed by atoms with Gasteiger partial charge in [0.1, 0.15) is 5.75 Å². The van der Waals surface area contributed by atoms with E-state index in [9.17, 15) is 4.79 Å². The minimum absolute atomic E-state index is 0.0263. The molecule has 1 aliphatic rings.